The third-order valence-corrected chi connectivity index (χ3v) is 7.01. The highest BCUT2D eigenvalue weighted by molar-refractivity contribution is 6.33. The molecule has 28 heavy (non-hydrogen) atoms. The number of fused-ring (bicyclic) bond motifs is 2. The lowest BCUT2D eigenvalue weighted by molar-refractivity contribution is 0.0443. The second-order valence-electron chi connectivity index (χ2n) is 8.35. The Morgan fingerprint density at radius 1 is 1.14 bits per heavy atom. The normalized spacial score (nSPS) is 22.6. The molecule has 3 N–H and O–H groups in total. The van der Waals surface area contributed by atoms with E-state index in [-0.39, 0.29) is 11.4 Å². The van der Waals surface area contributed by atoms with Crippen LogP contribution >= 0.6 is 11.6 Å². The molecule has 1 aromatic heterocycles. The van der Waals surface area contributed by atoms with Crippen LogP contribution in [0.5, 0.6) is 0 Å². The predicted molar refractivity (Wildman–Crippen MR) is 109 cm³/mol. The largest absolute Gasteiger partial charge is 0.385 e. The number of hydrogen-bond acceptors (Lipinski definition) is 6. The number of aromatic nitrogens is 2. The summed E-state index contributed by atoms with van der Waals surface area (Å²) in [5.74, 6) is 0.841. The molecule has 0 amide bonds. The SMILES string of the molecule is Nc1ncc(Cl)c(N2CC3(CCOCC3)c3ccc(C4(O)CCCC4)cc32)n1. The van der Waals surface area contributed by atoms with Crippen LogP contribution in [0.25, 0.3) is 0 Å². The molecule has 0 atom stereocenters. The summed E-state index contributed by atoms with van der Waals surface area (Å²) in [5.41, 5.74) is 8.48. The van der Waals surface area contributed by atoms with Gasteiger partial charge in [0.1, 0.15) is 5.02 Å². The molecule has 7 heteroatoms. The Labute approximate surface area is 169 Å². The monoisotopic (exact) mass is 400 g/mol. The molecule has 3 heterocycles. The van der Waals surface area contributed by atoms with E-state index in [0.29, 0.717) is 10.8 Å². The predicted octanol–water partition coefficient (Wildman–Crippen LogP) is 3.67. The summed E-state index contributed by atoms with van der Waals surface area (Å²) < 4.78 is 5.65. The number of aliphatic hydroxyl groups is 1. The molecule has 3 aliphatic rings. The van der Waals surface area contributed by atoms with Gasteiger partial charge in [-0.3, -0.25) is 0 Å². The van der Waals surface area contributed by atoms with Crippen molar-refractivity contribution in [3.05, 3.63) is 40.5 Å². The fourth-order valence-electron chi connectivity index (χ4n) is 5.15. The van der Waals surface area contributed by atoms with Crippen LogP contribution in [0.4, 0.5) is 17.5 Å². The summed E-state index contributed by atoms with van der Waals surface area (Å²) in [5, 5.41) is 11.6. The van der Waals surface area contributed by atoms with Crippen molar-refractivity contribution in [1.29, 1.82) is 0 Å². The molecule has 0 radical (unpaired) electrons. The van der Waals surface area contributed by atoms with Gasteiger partial charge in [-0.25, -0.2) is 4.98 Å². The highest BCUT2D eigenvalue weighted by atomic mass is 35.5. The molecule has 1 aliphatic carbocycles. The van der Waals surface area contributed by atoms with Crippen molar-refractivity contribution in [3.63, 3.8) is 0 Å². The van der Waals surface area contributed by atoms with Crippen molar-refractivity contribution < 1.29 is 9.84 Å². The van der Waals surface area contributed by atoms with E-state index in [1.807, 2.05) is 0 Å². The number of ether oxygens (including phenoxy) is 1. The Bertz CT molecular complexity index is 907. The van der Waals surface area contributed by atoms with Gasteiger partial charge >= 0.3 is 0 Å². The third kappa shape index (κ3) is 2.78. The van der Waals surface area contributed by atoms with Gasteiger partial charge in [0.05, 0.1) is 11.8 Å². The average Bonchev–Trinajstić information content (AvgIpc) is 3.28. The maximum absolute atomic E-state index is 11.1. The highest BCUT2D eigenvalue weighted by Crippen LogP contribution is 2.52. The van der Waals surface area contributed by atoms with Crippen molar-refractivity contribution in [1.82, 2.24) is 9.97 Å². The van der Waals surface area contributed by atoms with Gasteiger partial charge in [-0.2, -0.15) is 4.98 Å². The first-order valence-electron chi connectivity index (χ1n) is 10.0. The summed E-state index contributed by atoms with van der Waals surface area (Å²) in [6.45, 7) is 2.28. The summed E-state index contributed by atoms with van der Waals surface area (Å²) in [6.07, 6.45) is 7.22. The minimum absolute atomic E-state index is 0.00739. The number of nitrogens with zero attached hydrogens (tertiary/aromatic N) is 3. The molecule has 1 aromatic carbocycles. The van der Waals surface area contributed by atoms with Crippen LogP contribution in [0.2, 0.25) is 5.02 Å². The molecule has 6 nitrogen and oxygen atoms in total. The lowest BCUT2D eigenvalue weighted by Crippen LogP contribution is -2.37. The lowest BCUT2D eigenvalue weighted by Gasteiger charge is -2.34. The minimum atomic E-state index is -0.735. The second-order valence-corrected chi connectivity index (χ2v) is 8.76. The van der Waals surface area contributed by atoms with Crippen LogP contribution in [0.1, 0.15) is 49.7 Å². The van der Waals surface area contributed by atoms with Gasteiger partial charge in [-0.15, -0.1) is 0 Å². The number of anilines is 3. The molecule has 2 aliphatic heterocycles. The Morgan fingerprint density at radius 3 is 2.64 bits per heavy atom. The number of rotatable bonds is 2. The van der Waals surface area contributed by atoms with Crippen molar-refractivity contribution >= 4 is 29.1 Å². The fourth-order valence-corrected chi connectivity index (χ4v) is 5.35. The maximum Gasteiger partial charge on any atom is 0.222 e. The highest BCUT2D eigenvalue weighted by Gasteiger charge is 2.46. The first kappa shape index (κ1) is 18.2. The van der Waals surface area contributed by atoms with Crippen molar-refractivity contribution in [2.45, 2.75) is 49.5 Å². The fraction of sp³-hybridized carbons (Fsp3) is 0.524. The van der Waals surface area contributed by atoms with Gasteiger partial charge in [-0.1, -0.05) is 36.6 Å². The minimum Gasteiger partial charge on any atom is -0.385 e. The van der Waals surface area contributed by atoms with E-state index in [4.69, 9.17) is 22.1 Å². The van der Waals surface area contributed by atoms with Crippen molar-refractivity contribution in [3.8, 4) is 0 Å². The first-order chi connectivity index (χ1) is 13.5. The Hall–Kier alpha value is -1.89. The van der Waals surface area contributed by atoms with E-state index in [2.05, 4.69) is 33.1 Å². The molecule has 1 spiro atoms. The molecule has 1 saturated carbocycles. The molecule has 2 fully saturated rings. The number of halogens is 1. The molecule has 148 valence electrons. The summed E-state index contributed by atoms with van der Waals surface area (Å²) in [4.78, 5) is 10.6. The van der Waals surface area contributed by atoms with E-state index in [1.54, 1.807) is 6.20 Å². The summed E-state index contributed by atoms with van der Waals surface area (Å²) >= 11 is 6.47. The van der Waals surface area contributed by atoms with E-state index >= 15 is 0 Å². The summed E-state index contributed by atoms with van der Waals surface area (Å²) in [6, 6.07) is 6.45. The van der Waals surface area contributed by atoms with Crippen LogP contribution in [-0.4, -0.2) is 34.8 Å². The number of nitrogens with two attached hydrogens (primary N) is 1. The smallest absolute Gasteiger partial charge is 0.222 e. The van der Waals surface area contributed by atoms with Gasteiger partial charge in [0.15, 0.2) is 5.82 Å². The zero-order valence-corrected chi connectivity index (χ0v) is 16.6. The zero-order valence-electron chi connectivity index (χ0n) is 15.8. The number of nitrogen functional groups attached to an aromatic ring is 1. The van der Waals surface area contributed by atoms with Gasteiger partial charge in [-0.05, 0) is 42.9 Å². The van der Waals surface area contributed by atoms with Crippen LogP contribution in [0.3, 0.4) is 0 Å². The third-order valence-electron chi connectivity index (χ3n) is 6.74. The van der Waals surface area contributed by atoms with Crippen LogP contribution in [0, 0.1) is 0 Å². The van der Waals surface area contributed by atoms with E-state index in [9.17, 15) is 5.11 Å². The van der Waals surface area contributed by atoms with E-state index in [0.717, 1.165) is 69.5 Å². The maximum atomic E-state index is 11.1. The van der Waals surface area contributed by atoms with Crippen LogP contribution in [-0.2, 0) is 15.8 Å². The Balaban J connectivity index is 1.65. The topological polar surface area (TPSA) is 84.5 Å². The molecule has 2 aromatic rings. The van der Waals surface area contributed by atoms with Gasteiger partial charge < -0.3 is 20.5 Å². The number of benzene rings is 1. The first-order valence-corrected chi connectivity index (χ1v) is 10.4. The van der Waals surface area contributed by atoms with Gasteiger partial charge in [0, 0.05) is 30.9 Å². The Morgan fingerprint density at radius 2 is 1.89 bits per heavy atom. The standard InChI is InChI=1S/C21H25ClN4O2/c22-16-12-24-19(23)25-18(16)26-13-20(7-9-28-10-8-20)15-4-3-14(11-17(15)26)21(27)5-1-2-6-21/h3-4,11-12,27H,1-2,5-10,13H2,(H2,23,24,25). The molecule has 5 rings (SSSR count). The molecule has 0 bridgehead atoms. The Kier molecular flexibility index (Phi) is 4.27. The van der Waals surface area contributed by atoms with E-state index < -0.39 is 5.60 Å². The van der Waals surface area contributed by atoms with E-state index in [1.165, 1.54) is 5.56 Å². The molecule has 1 saturated heterocycles. The molecule has 0 unspecified atom stereocenters. The zero-order chi connectivity index (χ0) is 19.4. The second kappa shape index (κ2) is 6.58. The van der Waals surface area contributed by atoms with Gasteiger partial charge in [0.2, 0.25) is 5.95 Å². The van der Waals surface area contributed by atoms with Gasteiger partial charge in [0.25, 0.3) is 0 Å². The quantitative estimate of drug-likeness (QED) is 0.800. The van der Waals surface area contributed by atoms with Crippen LogP contribution in [0.15, 0.2) is 24.4 Å². The van der Waals surface area contributed by atoms with Crippen molar-refractivity contribution in [2.75, 3.05) is 30.4 Å². The molecular formula is C21H25ClN4O2. The van der Waals surface area contributed by atoms with Crippen molar-refractivity contribution in [2.24, 2.45) is 0 Å². The summed E-state index contributed by atoms with van der Waals surface area (Å²) in [7, 11) is 0. The molecular weight excluding hydrogens is 376 g/mol. The lowest BCUT2D eigenvalue weighted by atomic mass is 9.75. The van der Waals surface area contributed by atoms with Crippen LogP contribution < -0.4 is 10.6 Å². The number of hydrogen-bond donors (Lipinski definition) is 2. The average molecular weight is 401 g/mol.